The SMILES string of the molecule is CCn1c(=O)[nH]c2cc(C(=O)NC3CCN(c4cccc(C)c4)C3=O)ccc2c1=O. The molecule has 1 fully saturated rings. The minimum Gasteiger partial charge on any atom is -0.340 e. The molecule has 2 N–H and O–H groups in total. The summed E-state index contributed by atoms with van der Waals surface area (Å²) in [5.41, 5.74) is 1.51. The van der Waals surface area contributed by atoms with Crippen molar-refractivity contribution in [2.75, 3.05) is 11.4 Å². The van der Waals surface area contributed by atoms with Crippen LogP contribution < -0.4 is 21.5 Å². The molecule has 8 nitrogen and oxygen atoms in total. The van der Waals surface area contributed by atoms with Gasteiger partial charge in [0.05, 0.1) is 10.9 Å². The predicted molar refractivity (Wildman–Crippen MR) is 114 cm³/mol. The summed E-state index contributed by atoms with van der Waals surface area (Å²) >= 11 is 0. The Bertz CT molecular complexity index is 1270. The van der Waals surface area contributed by atoms with Crippen molar-refractivity contribution >= 4 is 28.4 Å². The van der Waals surface area contributed by atoms with E-state index in [1.165, 1.54) is 18.2 Å². The third-order valence-electron chi connectivity index (χ3n) is 5.38. The molecule has 1 atom stereocenters. The first kappa shape index (κ1) is 19.6. The molecule has 8 heteroatoms. The standard InChI is InChI=1S/C22H22N4O4/c1-3-25-20(28)16-8-7-14(12-18(16)24-22(25)30)19(27)23-17-9-10-26(21(17)29)15-6-4-5-13(2)11-15/h4-8,11-12,17H,3,9-10H2,1-2H3,(H,23,27)(H,24,30). The summed E-state index contributed by atoms with van der Waals surface area (Å²) in [7, 11) is 0. The number of carbonyl (C=O) groups excluding carboxylic acids is 2. The molecule has 2 amide bonds. The second-order valence-corrected chi connectivity index (χ2v) is 7.38. The Kier molecular flexibility index (Phi) is 4.99. The molecule has 0 aliphatic carbocycles. The fourth-order valence-corrected chi connectivity index (χ4v) is 3.79. The molecular weight excluding hydrogens is 384 g/mol. The maximum atomic E-state index is 12.8. The van der Waals surface area contributed by atoms with Crippen molar-refractivity contribution < 1.29 is 9.59 Å². The van der Waals surface area contributed by atoms with E-state index in [-0.39, 0.29) is 18.0 Å². The van der Waals surface area contributed by atoms with Gasteiger partial charge in [0, 0.05) is 24.3 Å². The number of anilines is 1. The second kappa shape index (κ2) is 7.62. The number of carbonyl (C=O) groups is 2. The highest BCUT2D eigenvalue weighted by molar-refractivity contribution is 6.04. The number of H-pyrrole nitrogens is 1. The zero-order chi connectivity index (χ0) is 21.4. The zero-order valence-corrected chi connectivity index (χ0v) is 16.8. The van der Waals surface area contributed by atoms with Crippen molar-refractivity contribution in [3.05, 3.63) is 74.4 Å². The maximum absolute atomic E-state index is 12.8. The Morgan fingerprint density at radius 2 is 1.97 bits per heavy atom. The van der Waals surface area contributed by atoms with Crippen LogP contribution in [0.3, 0.4) is 0 Å². The van der Waals surface area contributed by atoms with E-state index in [9.17, 15) is 19.2 Å². The van der Waals surface area contributed by atoms with Gasteiger partial charge in [-0.3, -0.25) is 19.0 Å². The van der Waals surface area contributed by atoms with Crippen molar-refractivity contribution in [1.29, 1.82) is 0 Å². The lowest BCUT2D eigenvalue weighted by Crippen LogP contribution is -2.41. The van der Waals surface area contributed by atoms with Crippen molar-refractivity contribution in [3.8, 4) is 0 Å². The number of hydrogen-bond donors (Lipinski definition) is 2. The molecule has 1 aliphatic rings. The average Bonchev–Trinajstić information content (AvgIpc) is 3.08. The number of aryl methyl sites for hydroxylation is 1. The van der Waals surface area contributed by atoms with Gasteiger partial charge in [0.15, 0.2) is 0 Å². The van der Waals surface area contributed by atoms with Gasteiger partial charge in [0.1, 0.15) is 6.04 Å². The molecule has 1 aliphatic heterocycles. The number of fused-ring (bicyclic) bond motifs is 1. The molecule has 4 rings (SSSR count). The van der Waals surface area contributed by atoms with E-state index in [1.807, 2.05) is 31.2 Å². The van der Waals surface area contributed by atoms with Gasteiger partial charge >= 0.3 is 5.69 Å². The first-order chi connectivity index (χ1) is 14.4. The molecule has 2 aromatic carbocycles. The van der Waals surface area contributed by atoms with Gasteiger partial charge in [0.25, 0.3) is 11.5 Å². The lowest BCUT2D eigenvalue weighted by atomic mass is 10.1. The quantitative estimate of drug-likeness (QED) is 0.686. The third-order valence-corrected chi connectivity index (χ3v) is 5.38. The van der Waals surface area contributed by atoms with Gasteiger partial charge in [-0.2, -0.15) is 0 Å². The van der Waals surface area contributed by atoms with E-state index in [0.29, 0.717) is 23.9 Å². The fourth-order valence-electron chi connectivity index (χ4n) is 3.79. The van der Waals surface area contributed by atoms with E-state index >= 15 is 0 Å². The smallest absolute Gasteiger partial charge is 0.328 e. The summed E-state index contributed by atoms with van der Waals surface area (Å²) in [4.78, 5) is 54.2. The molecule has 3 aromatic rings. The van der Waals surface area contributed by atoms with Crippen molar-refractivity contribution in [1.82, 2.24) is 14.9 Å². The van der Waals surface area contributed by atoms with E-state index in [0.717, 1.165) is 15.8 Å². The number of nitrogens with zero attached hydrogens (tertiary/aromatic N) is 2. The Morgan fingerprint density at radius 1 is 1.17 bits per heavy atom. The minimum atomic E-state index is -0.624. The molecular formula is C22H22N4O4. The molecule has 1 aromatic heterocycles. The van der Waals surface area contributed by atoms with Crippen LogP contribution in [0.4, 0.5) is 5.69 Å². The number of amides is 2. The van der Waals surface area contributed by atoms with E-state index < -0.39 is 23.2 Å². The highest BCUT2D eigenvalue weighted by atomic mass is 16.2. The van der Waals surface area contributed by atoms with Crippen LogP contribution >= 0.6 is 0 Å². The van der Waals surface area contributed by atoms with Crippen LogP contribution in [0.1, 0.15) is 29.3 Å². The Hall–Kier alpha value is -3.68. The van der Waals surface area contributed by atoms with Crippen LogP contribution in [0.15, 0.2) is 52.1 Å². The molecule has 0 radical (unpaired) electrons. The van der Waals surface area contributed by atoms with Gasteiger partial charge in [-0.05, 0) is 56.2 Å². The number of rotatable bonds is 4. The largest absolute Gasteiger partial charge is 0.340 e. The van der Waals surface area contributed by atoms with E-state index in [1.54, 1.807) is 11.8 Å². The molecule has 0 bridgehead atoms. The van der Waals surface area contributed by atoms with Crippen LogP contribution in [0, 0.1) is 6.92 Å². The summed E-state index contributed by atoms with van der Waals surface area (Å²) < 4.78 is 1.10. The number of aromatic amines is 1. The van der Waals surface area contributed by atoms with Gasteiger partial charge in [-0.15, -0.1) is 0 Å². The highest BCUT2D eigenvalue weighted by Crippen LogP contribution is 2.23. The second-order valence-electron chi connectivity index (χ2n) is 7.38. The van der Waals surface area contributed by atoms with Crippen molar-refractivity contribution in [2.45, 2.75) is 32.9 Å². The molecule has 154 valence electrons. The number of benzene rings is 2. The predicted octanol–water partition coefficient (Wildman–Crippen LogP) is 1.55. The Morgan fingerprint density at radius 3 is 2.70 bits per heavy atom. The molecule has 1 unspecified atom stereocenters. The highest BCUT2D eigenvalue weighted by Gasteiger charge is 2.33. The molecule has 0 saturated carbocycles. The Balaban J connectivity index is 1.55. The third kappa shape index (κ3) is 3.41. The van der Waals surface area contributed by atoms with E-state index in [4.69, 9.17) is 0 Å². The molecule has 1 saturated heterocycles. The van der Waals surface area contributed by atoms with Gasteiger partial charge < -0.3 is 15.2 Å². The van der Waals surface area contributed by atoms with Crippen LogP contribution in [0.5, 0.6) is 0 Å². The summed E-state index contributed by atoms with van der Waals surface area (Å²) in [6.45, 7) is 4.45. The monoisotopic (exact) mass is 406 g/mol. The minimum absolute atomic E-state index is 0.158. The van der Waals surface area contributed by atoms with Crippen LogP contribution in [-0.4, -0.2) is 34.0 Å². The lowest BCUT2D eigenvalue weighted by molar-refractivity contribution is -0.118. The van der Waals surface area contributed by atoms with Gasteiger partial charge in [-0.25, -0.2) is 4.79 Å². The summed E-state index contributed by atoms with van der Waals surface area (Å²) in [6.07, 6.45) is 0.504. The first-order valence-corrected chi connectivity index (χ1v) is 9.85. The van der Waals surface area contributed by atoms with E-state index in [2.05, 4.69) is 10.3 Å². The normalized spacial score (nSPS) is 16.3. The van der Waals surface area contributed by atoms with Gasteiger partial charge in [0.2, 0.25) is 5.91 Å². The summed E-state index contributed by atoms with van der Waals surface area (Å²) in [6, 6.07) is 11.5. The molecule has 0 spiro atoms. The number of hydrogen-bond acceptors (Lipinski definition) is 4. The van der Waals surface area contributed by atoms with Crippen LogP contribution in [0.2, 0.25) is 0 Å². The summed E-state index contributed by atoms with van der Waals surface area (Å²) in [5.74, 6) is -0.587. The first-order valence-electron chi connectivity index (χ1n) is 9.85. The van der Waals surface area contributed by atoms with Crippen LogP contribution in [0.25, 0.3) is 10.9 Å². The number of nitrogens with one attached hydrogen (secondary N) is 2. The average molecular weight is 406 g/mol. The van der Waals surface area contributed by atoms with Crippen molar-refractivity contribution in [2.24, 2.45) is 0 Å². The Labute approximate surface area is 172 Å². The molecule has 2 heterocycles. The van der Waals surface area contributed by atoms with Crippen molar-refractivity contribution in [3.63, 3.8) is 0 Å². The van der Waals surface area contributed by atoms with Gasteiger partial charge in [-0.1, -0.05) is 12.1 Å². The fraction of sp³-hybridized carbons (Fsp3) is 0.273. The number of aromatic nitrogens is 2. The maximum Gasteiger partial charge on any atom is 0.328 e. The molecule has 30 heavy (non-hydrogen) atoms. The topological polar surface area (TPSA) is 104 Å². The zero-order valence-electron chi connectivity index (χ0n) is 16.8. The van der Waals surface area contributed by atoms with Crippen LogP contribution in [-0.2, 0) is 11.3 Å². The summed E-state index contributed by atoms with van der Waals surface area (Å²) in [5, 5.41) is 3.10. The lowest BCUT2D eigenvalue weighted by Gasteiger charge is -2.18.